The molecule has 0 unspecified atom stereocenters. The molecule has 0 saturated heterocycles. The number of aromatic nitrogens is 3. The van der Waals surface area contributed by atoms with Gasteiger partial charge in [-0.1, -0.05) is 84.6 Å². The second-order valence-corrected chi connectivity index (χ2v) is 8.93. The van der Waals surface area contributed by atoms with Crippen LogP contribution in [0.25, 0.3) is 11.0 Å². The first kappa shape index (κ1) is 21.9. The lowest BCUT2D eigenvalue weighted by molar-refractivity contribution is 0.0951. The Morgan fingerprint density at radius 1 is 0.824 bits per heavy atom. The number of carbonyl (C=O) groups is 1. The highest BCUT2D eigenvalue weighted by Crippen LogP contribution is 2.27. The fourth-order valence-electron chi connectivity index (χ4n) is 3.76. The maximum atomic E-state index is 12.6. The molecule has 5 rings (SSSR count). The van der Waals surface area contributed by atoms with Crippen LogP contribution in [-0.4, -0.2) is 20.4 Å². The Morgan fingerprint density at radius 2 is 1.53 bits per heavy atom. The van der Waals surface area contributed by atoms with Crippen molar-refractivity contribution in [2.45, 2.75) is 24.0 Å². The SMILES string of the molecule is O=C(NCc1ccccc1)c1ccc(Cn2c(SCc3ccccc3)nc3ccncc32)cc1. The molecule has 1 amide bonds. The molecule has 0 aliphatic rings. The van der Waals surface area contributed by atoms with E-state index in [1.54, 1.807) is 18.0 Å². The zero-order chi connectivity index (χ0) is 23.2. The van der Waals surface area contributed by atoms with Crippen LogP contribution in [0.5, 0.6) is 0 Å². The summed E-state index contributed by atoms with van der Waals surface area (Å²) >= 11 is 1.72. The van der Waals surface area contributed by atoms with Gasteiger partial charge in [-0.05, 0) is 34.9 Å². The molecule has 6 heteroatoms. The van der Waals surface area contributed by atoms with E-state index in [9.17, 15) is 4.79 Å². The van der Waals surface area contributed by atoms with E-state index in [-0.39, 0.29) is 5.91 Å². The van der Waals surface area contributed by atoms with Gasteiger partial charge in [-0.2, -0.15) is 0 Å². The van der Waals surface area contributed by atoms with Gasteiger partial charge in [-0.15, -0.1) is 0 Å². The van der Waals surface area contributed by atoms with Crippen LogP contribution in [-0.2, 0) is 18.8 Å². The normalized spacial score (nSPS) is 10.9. The minimum Gasteiger partial charge on any atom is -0.348 e. The van der Waals surface area contributed by atoms with Crippen molar-refractivity contribution in [1.29, 1.82) is 0 Å². The Morgan fingerprint density at radius 3 is 2.26 bits per heavy atom. The summed E-state index contributed by atoms with van der Waals surface area (Å²) in [6, 6.07) is 30.0. The maximum Gasteiger partial charge on any atom is 0.251 e. The highest BCUT2D eigenvalue weighted by Gasteiger charge is 2.13. The molecule has 0 saturated carbocycles. The van der Waals surface area contributed by atoms with Crippen LogP contribution in [0, 0.1) is 0 Å². The summed E-state index contributed by atoms with van der Waals surface area (Å²) < 4.78 is 2.19. The molecule has 5 nitrogen and oxygen atoms in total. The predicted molar refractivity (Wildman–Crippen MR) is 137 cm³/mol. The van der Waals surface area contributed by atoms with E-state index in [4.69, 9.17) is 4.98 Å². The van der Waals surface area contributed by atoms with Crippen LogP contribution in [0.2, 0.25) is 0 Å². The molecule has 34 heavy (non-hydrogen) atoms. The zero-order valence-electron chi connectivity index (χ0n) is 18.6. The number of fused-ring (bicyclic) bond motifs is 1. The summed E-state index contributed by atoms with van der Waals surface area (Å²) in [5, 5.41) is 3.94. The number of hydrogen-bond acceptors (Lipinski definition) is 4. The molecule has 0 aliphatic carbocycles. The number of carbonyl (C=O) groups excluding carboxylic acids is 1. The number of hydrogen-bond donors (Lipinski definition) is 1. The molecular weight excluding hydrogens is 440 g/mol. The first-order valence-electron chi connectivity index (χ1n) is 11.1. The zero-order valence-corrected chi connectivity index (χ0v) is 19.4. The van der Waals surface area contributed by atoms with Gasteiger partial charge in [0.25, 0.3) is 5.91 Å². The van der Waals surface area contributed by atoms with Crippen molar-refractivity contribution in [3.8, 4) is 0 Å². The van der Waals surface area contributed by atoms with E-state index < -0.39 is 0 Å². The third-order valence-corrected chi connectivity index (χ3v) is 6.63. The molecule has 0 fully saturated rings. The van der Waals surface area contributed by atoms with Gasteiger partial charge >= 0.3 is 0 Å². The van der Waals surface area contributed by atoms with Crippen LogP contribution in [0.4, 0.5) is 0 Å². The molecule has 0 aliphatic heterocycles. The van der Waals surface area contributed by atoms with Gasteiger partial charge < -0.3 is 9.88 Å². The van der Waals surface area contributed by atoms with E-state index >= 15 is 0 Å². The van der Waals surface area contributed by atoms with Crippen molar-refractivity contribution in [2.75, 3.05) is 0 Å². The largest absolute Gasteiger partial charge is 0.348 e. The molecule has 168 valence electrons. The monoisotopic (exact) mass is 464 g/mol. The van der Waals surface area contributed by atoms with E-state index in [1.165, 1.54) is 5.56 Å². The number of imidazole rings is 1. The Labute approximate surface area is 202 Å². The third-order valence-electron chi connectivity index (χ3n) is 5.58. The Balaban J connectivity index is 1.31. The number of nitrogens with zero attached hydrogens (tertiary/aromatic N) is 3. The summed E-state index contributed by atoms with van der Waals surface area (Å²) in [6.07, 6.45) is 3.63. The summed E-state index contributed by atoms with van der Waals surface area (Å²) in [5.74, 6) is 0.768. The molecule has 3 aromatic carbocycles. The van der Waals surface area contributed by atoms with Crippen molar-refractivity contribution in [3.05, 3.63) is 126 Å². The van der Waals surface area contributed by atoms with Gasteiger partial charge in [0.2, 0.25) is 0 Å². The number of nitrogens with one attached hydrogen (secondary N) is 1. The van der Waals surface area contributed by atoms with Gasteiger partial charge in [-0.3, -0.25) is 9.78 Å². The summed E-state index contributed by atoms with van der Waals surface area (Å²) in [6.45, 7) is 1.17. The fourth-order valence-corrected chi connectivity index (χ4v) is 4.73. The van der Waals surface area contributed by atoms with E-state index in [0.29, 0.717) is 18.7 Å². The fraction of sp³-hybridized carbons (Fsp3) is 0.107. The molecule has 2 heterocycles. The van der Waals surface area contributed by atoms with Gasteiger partial charge in [-0.25, -0.2) is 4.98 Å². The smallest absolute Gasteiger partial charge is 0.251 e. The molecule has 0 spiro atoms. The van der Waals surface area contributed by atoms with E-state index in [1.807, 2.05) is 72.9 Å². The highest BCUT2D eigenvalue weighted by molar-refractivity contribution is 7.98. The average Bonchev–Trinajstić information content (AvgIpc) is 3.25. The molecule has 0 atom stereocenters. The lowest BCUT2D eigenvalue weighted by Crippen LogP contribution is -2.22. The number of benzene rings is 3. The molecule has 0 bridgehead atoms. The lowest BCUT2D eigenvalue weighted by atomic mass is 10.1. The van der Waals surface area contributed by atoms with E-state index in [0.717, 1.165) is 33.1 Å². The molecule has 2 aromatic heterocycles. The minimum atomic E-state index is -0.0770. The van der Waals surface area contributed by atoms with Crippen LogP contribution < -0.4 is 5.32 Å². The van der Waals surface area contributed by atoms with Crippen molar-refractivity contribution in [3.63, 3.8) is 0 Å². The Bertz CT molecular complexity index is 1380. The quantitative estimate of drug-likeness (QED) is 0.299. The van der Waals surface area contributed by atoms with Gasteiger partial charge in [0.15, 0.2) is 5.16 Å². The number of amides is 1. The van der Waals surface area contributed by atoms with Crippen molar-refractivity contribution in [2.24, 2.45) is 0 Å². The second kappa shape index (κ2) is 10.4. The minimum absolute atomic E-state index is 0.0770. The van der Waals surface area contributed by atoms with Crippen LogP contribution in [0.1, 0.15) is 27.0 Å². The van der Waals surface area contributed by atoms with Crippen molar-refractivity contribution < 1.29 is 4.79 Å². The van der Waals surface area contributed by atoms with Crippen LogP contribution >= 0.6 is 11.8 Å². The molecule has 5 aromatic rings. The van der Waals surface area contributed by atoms with Crippen molar-refractivity contribution >= 4 is 28.7 Å². The third kappa shape index (κ3) is 5.18. The van der Waals surface area contributed by atoms with Gasteiger partial charge in [0.1, 0.15) is 0 Å². The standard InChI is InChI=1S/C28H24N4OS/c33-27(30-17-21-7-3-1-4-8-21)24-13-11-22(12-14-24)19-32-26-18-29-16-15-25(26)31-28(32)34-20-23-9-5-2-6-10-23/h1-16,18H,17,19-20H2,(H,30,33). The van der Waals surface area contributed by atoms with E-state index in [2.05, 4.69) is 39.1 Å². The topological polar surface area (TPSA) is 59.8 Å². The van der Waals surface area contributed by atoms with Crippen LogP contribution in [0.3, 0.4) is 0 Å². The summed E-state index contributed by atoms with van der Waals surface area (Å²) in [4.78, 5) is 21.7. The first-order valence-corrected chi connectivity index (χ1v) is 12.1. The van der Waals surface area contributed by atoms with Crippen molar-refractivity contribution in [1.82, 2.24) is 19.9 Å². The number of pyridine rings is 1. The first-order chi connectivity index (χ1) is 16.8. The summed E-state index contributed by atoms with van der Waals surface area (Å²) in [5.41, 5.74) is 6.02. The molecule has 0 radical (unpaired) electrons. The number of thioether (sulfide) groups is 1. The Kier molecular flexibility index (Phi) is 6.68. The molecular formula is C28H24N4OS. The Hall–Kier alpha value is -3.90. The number of rotatable bonds is 8. The predicted octanol–water partition coefficient (Wildman–Crippen LogP) is 5.70. The molecule has 1 N–H and O–H groups in total. The summed E-state index contributed by atoms with van der Waals surface area (Å²) in [7, 11) is 0. The second-order valence-electron chi connectivity index (χ2n) is 7.98. The highest BCUT2D eigenvalue weighted by atomic mass is 32.2. The van der Waals surface area contributed by atoms with Gasteiger partial charge in [0.05, 0.1) is 23.8 Å². The lowest BCUT2D eigenvalue weighted by Gasteiger charge is -2.10. The average molecular weight is 465 g/mol. The van der Waals surface area contributed by atoms with Gasteiger partial charge in [0, 0.05) is 24.1 Å². The van der Waals surface area contributed by atoms with Crippen LogP contribution in [0.15, 0.2) is 109 Å². The maximum absolute atomic E-state index is 12.6.